The standard InChI is InChI=1S/C19H22N6O/c26-17(12-20-18-16-11-23-24-19(16)22-13-21-18)25-8-6-15(7-9-25)10-14-4-2-1-3-5-14/h1-5,11,13,15H,6-10,12H2,(H2,20,21,22,23,24). The van der Waals surface area contributed by atoms with Gasteiger partial charge in [0.15, 0.2) is 5.65 Å². The second kappa shape index (κ2) is 7.51. The molecule has 1 aliphatic rings. The zero-order valence-corrected chi connectivity index (χ0v) is 14.6. The minimum absolute atomic E-state index is 0.110. The Labute approximate surface area is 151 Å². The van der Waals surface area contributed by atoms with Crippen LogP contribution < -0.4 is 5.32 Å². The Morgan fingerprint density at radius 2 is 2.00 bits per heavy atom. The number of likely N-dealkylation sites (tertiary alicyclic amines) is 1. The first-order valence-corrected chi connectivity index (χ1v) is 8.99. The van der Waals surface area contributed by atoms with E-state index in [2.05, 4.69) is 49.7 Å². The zero-order chi connectivity index (χ0) is 17.8. The minimum Gasteiger partial charge on any atom is -0.360 e. The molecule has 1 aromatic carbocycles. The molecule has 1 amide bonds. The largest absolute Gasteiger partial charge is 0.360 e. The summed E-state index contributed by atoms with van der Waals surface area (Å²) >= 11 is 0. The van der Waals surface area contributed by atoms with Crippen molar-refractivity contribution < 1.29 is 4.79 Å². The summed E-state index contributed by atoms with van der Waals surface area (Å²) in [5.41, 5.74) is 2.04. The molecule has 0 saturated carbocycles. The molecule has 0 spiro atoms. The third-order valence-corrected chi connectivity index (χ3v) is 4.99. The zero-order valence-electron chi connectivity index (χ0n) is 14.6. The van der Waals surface area contributed by atoms with E-state index in [9.17, 15) is 4.79 Å². The molecule has 7 heteroatoms. The molecular weight excluding hydrogens is 328 g/mol. The van der Waals surface area contributed by atoms with Crippen molar-refractivity contribution >= 4 is 22.8 Å². The van der Waals surface area contributed by atoms with E-state index >= 15 is 0 Å². The second-order valence-electron chi connectivity index (χ2n) is 6.72. The molecule has 1 aliphatic heterocycles. The normalized spacial score (nSPS) is 15.3. The summed E-state index contributed by atoms with van der Waals surface area (Å²) in [4.78, 5) is 22.8. The number of fused-ring (bicyclic) bond motifs is 1. The molecule has 3 heterocycles. The van der Waals surface area contributed by atoms with Crippen LogP contribution in [0, 0.1) is 5.92 Å². The topological polar surface area (TPSA) is 86.8 Å². The van der Waals surface area contributed by atoms with Gasteiger partial charge in [-0.2, -0.15) is 5.10 Å². The Kier molecular flexibility index (Phi) is 4.77. The Hall–Kier alpha value is -2.96. The number of aromatic nitrogens is 4. The van der Waals surface area contributed by atoms with E-state index in [4.69, 9.17) is 0 Å². The Morgan fingerprint density at radius 1 is 1.19 bits per heavy atom. The minimum atomic E-state index is 0.110. The molecule has 134 valence electrons. The van der Waals surface area contributed by atoms with E-state index in [0.29, 0.717) is 17.4 Å². The Bertz CT molecular complexity index is 870. The van der Waals surface area contributed by atoms with Gasteiger partial charge < -0.3 is 10.2 Å². The highest BCUT2D eigenvalue weighted by Crippen LogP contribution is 2.22. The van der Waals surface area contributed by atoms with Gasteiger partial charge in [-0.05, 0) is 30.7 Å². The first kappa shape index (κ1) is 16.5. The van der Waals surface area contributed by atoms with Gasteiger partial charge in [-0.25, -0.2) is 9.97 Å². The smallest absolute Gasteiger partial charge is 0.241 e. The highest BCUT2D eigenvalue weighted by Gasteiger charge is 2.23. The number of piperidine rings is 1. The number of aromatic amines is 1. The number of hydrogen-bond acceptors (Lipinski definition) is 5. The fourth-order valence-corrected chi connectivity index (χ4v) is 3.51. The fraction of sp³-hybridized carbons (Fsp3) is 0.368. The number of carbonyl (C=O) groups excluding carboxylic acids is 1. The number of nitrogens with one attached hydrogen (secondary N) is 2. The van der Waals surface area contributed by atoms with Crippen LogP contribution in [0.15, 0.2) is 42.9 Å². The van der Waals surface area contributed by atoms with Crippen LogP contribution in [-0.2, 0) is 11.2 Å². The highest BCUT2D eigenvalue weighted by molar-refractivity contribution is 5.88. The quantitative estimate of drug-likeness (QED) is 0.737. The van der Waals surface area contributed by atoms with Gasteiger partial charge >= 0.3 is 0 Å². The number of amides is 1. The average Bonchev–Trinajstić information content (AvgIpc) is 3.17. The molecule has 1 saturated heterocycles. The van der Waals surface area contributed by atoms with E-state index in [1.165, 1.54) is 11.9 Å². The molecule has 0 aliphatic carbocycles. The summed E-state index contributed by atoms with van der Waals surface area (Å²) in [5, 5.41) is 10.7. The predicted octanol–water partition coefficient (Wildman–Crippen LogP) is 2.25. The first-order chi connectivity index (χ1) is 12.8. The summed E-state index contributed by atoms with van der Waals surface area (Å²) in [6, 6.07) is 10.6. The number of H-pyrrole nitrogens is 1. The van der Waals surface area contributed by atoms with Gasteiger partial charge in [-0.1, -0.05) is 30.3 Å². The summed E-state index contributed by atoms with van der Waals surface area (Å²) in [5.74, 6) is 1.40. The van der Waals surface area contributed by atoms with Crippen molar-refractivity contribution in [2.45, 2.75) is 19.3 Å². The SMILES string of the molecule is O=C(CNc1ncnc2[nH]ncc12)N1CCC(Cc2ccccc2)CC1. The summed E-state index contributed by atoms with van der Waals surface area (Å²) in [6.45, 7) is 1.88. The lowest BCUT2D eigenvalue weighted by atomic mass is 9.90. The molecule has 2 N–H and O–H groups in total. The number of carbonyl (C=O) groups is 1. The van der Waals surface area contributed by atoms with E-state index in [1.54, 1.807) is 6.20 Å². The van der Waals surface area contributed by atoms with Gasteiger partial charge in [-0.3, -0.25) is 9.89 Å². The van der Waals surface area contributed by atoms with Gasteiger partial charge in [0.2, 0.25) is 5.91 Å². The lowest BCUT2D eigenvalue weighted by molar-refractivity contribution is -0.130. The average molecular weight is 350 g/mol. The van der Waals surface area contributed by atoms with E-state index in [-0.39, 0.29) is 12.5 Å². The van der Waals surface area contributed by atoms with Crippen LogP contribution in [0.4, 0.5) is 5.82 Å². The second-order valence-corrected chi connectivity index (χ2v) is 6.72. The van der Waals surface area contributed by atoms with Gasteiger partial charge in [0.1, 0.15) is 12.1 Å². The lowest BCUT2D eigenvalue weighted by Crippen LogP contribution is -2.41. The highest BCUT2D eigenvalue weighted by atomic mass is 16.2. The van der Waals surface area contributed by atoms with Gasteiger partial charge in [0.25, 0.3) is 0 Å². The molecule has 2 aromatic heterocycles. The molecule has 0 bridgehead atoms. The maximum absolute atomic E-state index is 12.5. The van der Waals surface area contributed by atoms with Crippen LogP contribution >= 0.6 is 0 Å². The van der Waals surface area contributed by atoms with E-state index in [1.807, 2.05) is 11.0 Å². The number of nitrogens with zero attached hydrogens (tertiary/aromatic N) is 4. The molecule has 1 fully saturated rings. The lowest BCUT2D eigenvalue weighted by Gasteiger charge is -2.32. The van der Waals surface area contributed by atoms with Crippen LogP contribution in [0.1, 0.15) is 18.4 Å². The third-order valence-electron chi connectivity index (χ3n) is 4.99. The van der Waals surface area contributed by atoms with Crippen molar-refractivity contribution in [3.8, 4) is 0 Å². The van der Waals surface area contributed by atoms with Gasteiger partial charge in [-0.15, -0.1) is 0 Å². The number of anilines is 1. The molecule has 26 heavy (non-hydrogen) atoms. The van der Waals surface area contributed by atoms with Crippen LogP contribution in [0.5, 0.6) is 0 Å². The summed E-state index contributed by atoms with van der Waals surface area (Å²) < 4.78 is 0. The maximum atomic E-state index is 12.5. The van der Waals surface area contributed by atoms with Crippen LogP contribution in [0.25, 0.3) is 11.0 Å². The van der Waals surface area contributed by atoms with Crippen molar-refractivity contribution in [2.75, 3.05) is 25.0 Å². The first-order valence-electron chi connectivity index (χ1n) is 8.99. The summed E-state index contributed by atoms with van der Waals surface area (Å²) in [6.07, 6.45) is 6.33. The van der Waals surface area contributed by atoms with Crippen molar-refractivity contribution in [3.63, 3.8) is 0 Å². The number of hydrogen-bond donors (Lipinski definition) is 2. The molecule has 0 atom stereocenters. The Balaban J connectivity index is 1.28. The molecular formula is C19H22N6O. The van der Waals surface area contributed by atoms with E-state index < -0.39 is 0 Å². The monoisotopic (exact) mass is 350 g/mol. The van der Waals surface area contributed by atoms with Crippen molar-refractivity contribution in [1.29, 1.82) is 0 Å². The number of rotatable bonds is 5. The molecule has 0 unspecified atom stereocenters. The number of benzene rings is 1. The third kappa shape index (κ3) is 3.66. The van der Waals surface area contributed by atoms with Crippen molar-refractivity contribution in [3.05, 3.63) is 48.4 Å². The van der Waals surface area contributed by atoms with Crippen LogP contribution in [0.3, 0.4) is 0 Å². The Morgan fingerprint density at radius 3 is 2.81 bits per heavy atom. The molecule has 0 radical (unpaired) electrons. The molecule has 7 nitrogen and oxygen atoms in total. The van der Waals surface area contributed by atoms with Gasteiger partial charge in [0.05, 0.1) is 18.1 Å². The predicted molar refractivity (Wildman–Crippen MR) is 99.6 cm³/mol. The van der Waals surface area contributed by atoms with Crippen LogP contribution in [0.2, 0.25) is 0 Å². The summed E-state index contributed by atoms with van der Waals surface area (Å²) in [7, 11) is 0. The van der Waals surface area contributed by atoms with Crippen molar-refractivity contribution in [2.24, 2.45) is 5.92 Å². The van der Waals surface area contributed by atoms with Crippen molar-refractivity contribution in [1.82, 2.24) is 25.1 Å². The molecule has 3 aromatic rings. The molecule has 4 rings (SSSR count). The van der Waals surface area contributed by atoms with Crippen LogP contribution in [-0.4, -0.2) is 50.6 Å². The van der Waals surface area contributed by atoms with E-state index in [0.717, 1.165) is 37.7 Å². The van der Waals surface area contributed by atoms with Gasteiger partial charge in [0, 0.05) is 13.1 Å². The fourth-order valence-electron chi connectivity index (χ4n) is 3.51. The maximum Gasteiger partial charge on any atom is 0.241 e.